The van der Waals surface area contributed by atoms with E-state index in [1.807, 2.05) is 19.9 Å². The second-order valence-corrected chi connectivity index (χ2v) is 7.53. The molecule has 0 aliphatic heterocycles. The van der Waals surface area contributed by atoms with Gasteiger partial charge in [-0.15, -0.1) is 0 Å². The number of benzene rings is 1. The van der Waals surface area contributed by atoms with E-state index in [0.29, 0.717) is 13.2 Å². The lowest BCUT2D eigenvalue weighted by Crippen LogP contribution is -2.26. The first kappa shape index (κ1) is 19.0. The summed E-state index contributed by atoms with van der Waals surface area (Å²) in [6.07, 6.45) is 0. The molecular formula is C19H32O3. The van der Waals surface area contributed by atoms with Crippen molar-refractivity contribution in [3.8, 4) is 5.75 Å². The van der Waals surface area contributed by atoms with Crippen LogP contribution in [0.1, 0.15) is 66.5 Å². The van der Waals surface area contributed by atoms with Crippen LogP contribution in [0.5, 0.6) is 5.75 Å². The summed E-state index contributed by atoms with van der Waals surface area (Å²) in [6, 6.07) is 6.40. The van der Waals surface area contributed by atoms with Gasteiger partial charge in [0, 0.05) is 5.56 Å². The van der Waals surface area contributed by atoms with Crippen LogP contribution in [0.4, 0.5) is 0 Å². The van der Waals surface area contributed by atoms with Crippen molar-refractivity contribution in [1.82, 2.24) is 0 Å². The Morgan fingerprint density at radius 2 is 1.41 bits per heavy atom. The quantitative estimate of drug-likeness (QED) is 0.691. The third-order valence-electron chi connectivity index (χ3n) is 3.48. The molecule has 0 N–H and O–H groups in total. The zero-order valence-corrected chi connectivity index (χ0v) is 15.4. The zero-order chi connectivity index (χ0) is 17.0. The van der Waals surface area contributed by atoms with Gasteiger partial charge in [-0.2, -0.15) is 0 Å². The van der Waals surface area contributed by atoms with E-state index in [1.165, 1.54) is 11.1 Å². The molecule has 1 aromatic rings. The first-order valence-electron chi connectivity index (χ1n) is 8.14. The summed E-state index contributed by atoms with van der Waals surface area (Å²) in [5.41, 5.74) is 2.57. The topological polar surface area (TPSA) is 27.7 Å². The molecule has 0 aliphatic carbocycles. The minimum atomic E-state index is -0.656. The number of rotatable bonds is 6. The van der Waals surface area contributed by atoms with E-state index in [0.717, 1.165) is 5.75 Å². The highest BCUT2D eigenvalue weighted by Gasteiger charge is 2.24. The molecular weight excluding hydrogens is 276 g/mol. The van der Waals surface area contributed by atoms with E-state index in [4.69, 9.17) is 14.2 Å². The second-order valence-electron chi connectivity index (χ2n) is 7.53. The Hall–Kier alpha value is -1.06. The van der Waals surface area contributed by atoms with E-state index in [9.17, 15) is 0 Å². The minimum absolute atomic E-state index is 0.0143. The third kappa shape index (κ3) is 5.29. The Bertz CT molecular complexity index is 461. The summed E-state index contributed by atoms with van der Waals surface area (Å²) in [6.45, 7) is 17.6. The molecule has 0 saturated heterocycles. The van der Waals surface area contributed by atoms with Crippen molar-refractivity contribution in [2.75, 3.05) is 13.2 Å². The number of ether oxygens (including phenoxy) is 3. The van der Waals surface area contributed by atoms with Crippen molar-refractivity contribution in [2.45, 2.75) is 72.7 Å². The van der Waals surface area contributed by atoms with Crippen molar-refractivity contribution in [1.29, 1.82) is 0 Å². The zero-order valence-electron chi connectivity index (χ0n) is 15.4. The van der Waals surface area contributed by atoms with Crippen LogP contribution in [0.2, 0.25) is 0 Å². The first-order chi connectivity index (χ1) is 10.1. The van der Waals surface area contributed by atoms with Gasteiger partial charge < -0.3 is 14.2 Å². The van der Waals surface area contributed by atoms with Crippen LogP contribution in [-0.4, -0.2) is 19.7 Å². The predicted molar refractivity (Wildman–Crippen MR) is 91.5 cm³/mol. The molecule has 0 saturated carbocycles. The Kier molecular flexibility index (Phi) is 6.45. The molecule has 22 heavy (non-hydrogen) atoms. The Morgan fingerprint density at radius 1 is 0.864 bits per heavy atom. The molecule has 0 bridgehead atoms. The maximum Gasteiger partial charge on any atom is 0.315 e. The molecule has 0 heterocycles. The van der Waals surface area contributed by atoms with Crippen LogP contribution in [-0.2, 0) is 20.3 Å². The van der Waals surface area contributed by atoms with Gasteiger partial charge in [-0.05, 0) is 36.3 Å². The largest absolute Gasteiger partial charge is 0.441 e. The molecule has 3 nitrogen and oxygen atoms in total. The molecule has 0 radical (unpaired) electrons. The van der Waals surface area contributed by atoms with Gasteiger partial charge in [0.15, 0.2) is 0 Å². The van der Waals surface area contributed by atoms with E-state index in [-0.39, 0.29) is 10.8 Å². The van der Waals surface area contributed by atoms with Crippen molar-refractivity contribution >= 4 is 0 Å². The number of hydrogen-bond donors (Lipinski definition) is 0. The summed E-state index contributed by atoms with van der Waals surface area (Å²) >= 11 is 0. The summed E-state index contributed by atoms with van der Waals surface area (Å²) < 4.78 is 17.0. The maximum absolute atomic E-state index is 5.98. The summed E-state index contributed by atoms with van der Waals surface area (Å²) in [7, 11) is 0. The van der Waals surface area contributed by atoms with Crippen LogP contribution >= 0.6 is 0 Å². The fourth-order valence-corrected chi connectivity index (χ4v) is 2.18. The SMILES string of the molecule is CCOC(OCC)Oc1ccc(C(C)(C)C)cc1C(C)(C)C. The van der Waals surface area contributed by atoms with Gasteiger partial charge in [0.25, 0.3) is 0 Å². The molecule has 0 aromatic heterocycles. The van der Waals surface area contributed by atoms with Crippen molar-refractivity contribution < 1.29 is 14.2 Å². The summed E-state index contributed by atoms with van der Waals surface area (Å²) in [4.78, 5) is 0. The fourth-order valence-electron chi connectivity index (χ4n) is 2.18. The molecule has 126 valence electrons. The van der Waals surface area contributed by atoms with E-state index >= 15 is 0 Å². The van der Waals surface area contributed by atoms with Crippen LogP contribution in [0.25, 0.3) is 0 Å². The highest BCUT2D eigenvalue weighted by atomic mass is 16.8. The lowest BCUT2D eigenvalue weighted by atomic mass is 9.80. The summed E-state index contributed by atoms with van der Waals surface area (Å²) in [5, 5.41) is 0. The van der Waals surface area contributed by atoms with E-state index in [1.54, 1.807) is 0 Å². The molecule has 0 unspecified atom stereocenters. The molecule has 0 fully saturated rings. The maximum atomic E-state index is 5.98. The lowest BCUT2D eigenvalue weighted by Gasteiger charge is -2.28. The van der Waals surface area contributed by atoms with Crippen molar-refractivity contribution in [3.63, 3.8) is 0 Å². The van der Waals surface area contributed by atoms with Gasteiger partial charge >= 0.3 is 6.48 Å². The fraction of sp³-hybridized carbons (Fsp3) is 0.684. The number of hydrogen-bond acceptors (Lipinski definition) is 3. The van der Waals surface area contributed by atoms with Crippen LogP contribution in [0.15, 0.2) is 18.2 Å². The average molecular weight is 308 g/mol. The standard InChI is InChI=1S/C19H32O3/c1-9-20-17(21-10-2)22-16-12-11-14(18(3,4)5)13-15(16)19(6,7)8/h11-13,17H,9-10H2,1-8H3. The minimum Gasteiger partial charge on any atom is -0.441 e. The Balaban J connectivity index is 3.18. The smallest absolute Gasteiger partial charge is 0.315 e. The monoisotopic (exact) mass is 308 g/mol. The van der Waals surface area contributed by atoms with Crippen LogP contribution in [0, 0.1) is 0 Å². The molecule has 0 spiro atoms. The molecule has 3 heteroatoms. The van der Waals surface area contributed by atoms with Crippen LogP contribution < -0.4 is 4.74 Å². The van der Waals surface area contributed by atoms with E-state index < -0.39 is 6.48 Å². The highest BCUT2D eigenvalue weighted by molar-refractivity contribution is 5.43. The van der Waals surface area contributed by atoms with Gasteiger partial charge in [-0.3, -0.25) is 0 Å². The second kappa shape index (κ2) is 7.47. The molecule has 0 atom stereocenters. The van der Waals surface area contributed by atoms with Crippen molar-refractivity contribution in [3.05, 3.63) is 29.3 Å². The Labute approximate surface area is 136 Å². The first-order valence-corrected chi connectivity index (χ1v) is 8.14. The molecule has 1 rings (SSSR count). The van der Waals surface area contributed by atoms with Gasteiger partial charge in [-0.25, -0.2) is 0 Å². The Morgan fingerprint density at radius 3 is 1.82 bits per heavy atom. The van der Waals surface area contributed by atoms with Gasteiger partial charge in [0.1, 0.15) is 5.75 Å². The van der Waals surface area contributed by atoms with Crippen molar-refractivity contribution in [2.24, 2.45) is 0 Å². The van der Waals surface area contributed by atoms with Crippen LogP contribution in [0.3, 0.4) is 0 Å². The molecule has 1 aromatic carbocycles. The van der Waals surface area contributed by atoms with Gasteiger partial charge in [0.05, 0.1) is 13.2 Å². The van der Waals surface area contributed by atoms with E-state index in [2.05, 4.69) is 53.7 Å². The average Bonchev–Trinajstić information content (AvgIpc) is 2.37. The predicted octanol–water partition coefficient (Wildman–Crippen LogP) is 5.02. The lowest BCUT2D eigenvalue weighted by molar-refractivity contribution is -0.242. The highest BCUT2D eigenvalue weighted by Crippen LogP contribution is 2.36. The molecule has 0 amide bonds. The third-order valence-corrected chi connectivity index (χ3v) is 3.48. The normalized spacial score (nSPS) is 12.8. The molecule has 0 aliphatic rings. The van der Waals surface area contributed by atoms with Gasteiger partial charge in [-0.1, -0.05) is 53.7 Å². The van der Waals surface area contributed by atoms with Gasteiger partial charge in [0.2, 0.25) is 0 Å². The summed E-state index contributed by atoms with van der Waals surface area (Å²) in [5.74, 6) is 0.826.